The minimum Gasteiger partial charge on any atom is -0.478 e. The molecular weight excluding hydrogens is 158 g/mol. The van der Waals surface area contributed by atoms with Crippen LogP contribution in [0.15, 0.2) is 18.2 Å². The Morgan fingerprint density at radius 1 is 1.50 bits per heavy atom. The third kappa shape index (κ3) is 1.38. The number of aromatic carboxylic acids is 1. The van der Waals surface area contributed by atoms with E-state index in [1.807, 2.05) is 0 Å². The molecule has 0 aromatic heterocycles. The van der Waals surface area contributed by atoms with Crippen molar-refractivity contribution in [3.05, 3.63) is 29.3 Å². The number of hydrogen-bond acceptors (Lipinski definition) is 3. The number of nitrogen functional groups attached to an aromatic ring is 1. The lowest BCUT2D eigenvalue weighted by Gasteiger charge is -2.04. The van der Waals surface area contributed by atoms with Gasteiger partial charge in [-0.2, -0.15) is 0 Å². The summed E-state index contributed by atoms with van der Waals surface area (Å²) in [7, 11) is 0. The quantitative estimate of drug-likeness (QED) is 0.559. The van der Waals surface area contributed by atoms with E-state index in [4.69, 9.17) is 15.9 Å². The van der Waals surface area contributed by atoms with Crippen LogP contribution in [0, 0.1) is 0 Å². The summed E-state index contributed by atoms with van der Waals surface area (Å²) in [5.74, 6) is -1.11. The van der Waals surface area contributed by atoms with Crippen molar-refractivity contribution in [2.45, 2.75) is 6.61 Å². The molecule has 64 valence electrons. The highest BCUT2D eigenvalue weighted by Gasteiger charge is 2.11. The Morgan fingerprint density at radius 3 is 2.58 bits per heavy atom. The zero-order chi connectivity index (χ0) is 9.14. The van der Waals surface area contributed by atoms with E-state index in [2.05, 4.69) is 0 Å². The van der Waals surface area contributed by atoms with Gasteiger partial charge in [-0.25, -0.2) is 4.79 Å². The number of hydrogen-bond donors (Lipinski definition) is 3. The van der Waals surface area contributed by atoms with Gasteiger partial charge in [0.05, 0.1) is 12.2 Å². The number of anilines is 1. The van der Waals surface area contributed by atoms with Crippen LogP contribution >= 0.6 is 0 Å². The van der Waals surface area contributed by atoms with Crippen LogP contribution in [0.1, 0.15) is 15.9 Å². The van der Waals surface area contributed by atoms with Gasteiger partial charge < -0.3 is 15.9 Å². The molecule has 4 N–H and O–H groups in total. The van der Waals surface area contributed by atoms with Gasteiger partial charge in [0.25, 0.3) is 0 Å². The molecule has 0 spiro atoms. The second-order valence-electron chi connectivity index (χ2n) is 2.34. The second kappa shape index (κ2) is 3.23. The molecule has 0 aliphatic heterocycles. The minimum atomic E-state index is -1.11. The molecule has 0 saturated carbocycles. The molecule has 0 saturated heterocycles. The smallest absolute Gasteiger partial charge is 0.338 e. The lowest BCUT2D eigenvalue weighted by molar-refractivity contribution is 0.0694. The van der Waals surface area contributed by atoms with Crippen LogP contribution in [0.2, 0.25) is 0 Å². The van der Waals surface area contributed by atoms with Gasteiger partial charge >= 0.3 is 5.97 Å². The number of rotatable bonds is 2. The number of aliphatic hydroxyl groups is 1. The molecule has 0 aliphatic carbocycles. The largest absolute Gasteiger partial charge is 0.478 e. The molecule has 0 bridgehead atoms. The van der Waals surface area contributed by atoms with Gasteiger partial charge in [0.15, 0.2) is 0 Å². The molecule has 0 atom stereocenters. The maximum Gasteiger partial charge on any atom is 0.338 e. The van der Waals surface area contributed by atoms with Crippen LogP contribution in [-0.2, 0) is 6.61 Å². The van der Waals surface area contributed by atoms with E-state index in [9.17, 15) is 4.79 Å². The molecular formula is C8H9NO3. The summed E-state index contributed by atoms with van der Waals surface area (Å²) >= 11 is 0. The van der Waals surface area contributed by atoms with Crippen molar-refractivity contribution in [2.24, 2.45) is 0 Å². The van der Waals surface area contributed by atoms with Crippen molar-refractivity contribution in [1.82, 2.24) is 0 Å². The average molecular weight is 167 g/mol. The first-order valence-corrected chi connectivity index (χ1v) is 3.38. The number of carboxylic acids is 1. The molecule has 0 amide bonds. The summed E-state index contributed by atoms with van der Waals surface area (Å²) in [5, 5.41) is 17.5. The van der Waals surface area contributed by atoms with E-state index in [0.717, 1.165) is 0 Å². The number of carbonyl (C=O) groups is 1. The minimum absolute atomic E-state index is 0.0139. The highest BCUT2D eigenvalue weighted by molar-refractivity contribution is 5.95. The first-order valence-electron chi connectivity index (χ1n) is 3.38. The van der Waals surface area contributed by atoms with Crippen molar-refractivity contribution in [1.29, 1.82) is 0 Å². The van der Waals surface area contributed by atoms with E-state index in [-0.39, 0.29) is 17.9 Å². The zero-order valence-corrected chi connectivity index (χ0v) is 6.32. The van der Waals surface area contributed by atoms with Crippen LogP contribution in [-0.4, -0.2) is 16.2 Å². The number of carboxylic acid groups (broad SMARTS) is 1. The summed E-state index contributed by atoms with van der Waals surface area (Å²) in [6.07, 6.45) is 0. The van der Waals surface area contributed by atoms with Gasteiger partial charge in [-0.3, -0.25) is 0 Å². The first kappa shape index (κ1) is 8.55. The maximum atomic E-state index is 10.6. The molecule has 0 radical (unpaired) electrons. The fourth-order valence-corrected chi connectivity index (χ4v) is 1.01. The average Bonchev–Trinajstić information content (AvgIpc) is 2.03. The molecule has 1 aromatic carbocycles. The standard InChI is InChI=1S/C8H9NO3/c9-6-3-1-2-5(4-10)7(6)8(11)12/h1-3,10H,4,9H2,(H,11,12). The Morgan fingerprint density at radius 2 is 2.17 bits per heavy atom. The van der Waals surface area contributed by atoms with E-state index in [1.165, 1.54) is 12.1 Å². The van der Waals surface area contributed by atoms with Gasteiger partial charge in [0, 0.05) is 5.69 Å². The molecule has 4 nitrogen and oxygen atoms in total. The Bertz CT molecular complexity index is 309. The van der Waals surface area contributed by atoms with Crippen molar-refractivity contribution < 1.29 is 15.0 Å². The van der Waals surface area contributed by atoms with Crippen molar-refractivity contribution in [2.75, 3.05) is 5.73 Å². The van der Waals surface area contributed by atoms with Crippen LogP contribution in [0.4, 0.5) is 5.69 Å². The predicted molar refractivity (Wildman–Crippen MR) is 43.7 cm³/mol. The molecule has 12 heavy (non-hydrogen) atoms. The molecule has 1 rings (SSSR count). The third-order valence-corrected chi connectivity index (χ3v) is 1.57. The van der Waals surface area contributed by atoms with E-state index in [1.54, 1.807) is 6.07 Å². The van der Waals surface area contributed by atoms with Crippen LogP contribution < -0.4 is 5.73 Å². The van der Waals surface area contributed by atoms with Gasteiger partial charge in [0.2, 0.25) is 0 Å². The maximum absolute atomic E-state index is 10.6. The van der Waals surface area contributed by atoms with E-state index < -0.39 is 5.97 Å². The Labute approximate surface area is 69.3 Å². The highest BCUT2D eigenvalue weighted by Crippen LogP contribution is 2.16. The Balaban J connectivity index is 3.29. The molecule has 0 unspecified atom stereocenters. The Hall–Kier alpha value is -1.55. The van der Waals surface area contributed by atoms with Gasteiger partial charge in [-0.15, -0.1) is 0 Å². The van der Waals surface area contributed by atoms with Gasteiger partial charge in [-0.1, -0.05) is 12.1 Å². The molecule has 1 aromatic rings. The van der Waals surface area contributed by atoms with Crippen molar-refractivity contribution >= 4 is 11.7 Å². The molecule has 0 aliphatic rings. The normalized spacial score (nSPS) is 9.75. The van der Waals surface area contributed by atoms with Crippen LogP contribution in [0.3, 0.4) is 0 Å². The summed E-state index contributed by atoms with van der Waals surface area (Å²) < 4.78 is 0. The lowest BCUT2D eigenvalue weighted by Crippen LogP contribution is -2.06. The van der Waals surface area contributed by atoms with Crippen molar-refractivity contribution in [3.8, 4) is 0 Å². The first-order chi connectivity index (χ1) is 5.66. The number of aliphatic hydroxyl groups excluding tert-OH is 1. The highest BCUT2D eigenvalue weighted by atomic mass is 16.4. The van der Waals surface area contributed by atoms with Crippen LogP contribution in [0.5, 0.6) is 0 Å². The van der Waals surface area contributed by atoms with Crippen LogP contribution in [0.25, 0.3) is 0 Å². The topological polar surface area (TPSA) is 83.5 Å². The van der Waals surface area contributed by atoms with Crippen molar-refractivity contribution in [3.63, 3.8) is 0 Å². The summed E-state index contributed by atoms with van der Waals surface area (Å²) in [6.45, 7) is -0.313. The summed E-state index contributed by atoms with van der Waals surface area (Å²) in [6, 6.07) is 4.62. The molecule has 0 fully saturated rings. The number of benzene rings is 1. The van der Waals surface area contributed by atoms with Gasteiger partial charge in [0.1, 0.15) is 0 Å². The van der Waals surface area contributed by atoms with Gasteiger partial charge in [-0.05, 0) is 11.6 Å². The molecule has 4 heteroatoms. The fourth-order valence-electron chi connectivity index (χ4n) is 1.01. The second-order valence-corrected chi connectivity index (χ2v) is 2.34. The Kier molecular flexibility index (Phi) is 2.30. The van der Waals surface area contributed by atoms with E-state index in [0.29, 0.717) is 5.56 Å². The van der Waals surface area contributed by atoms with E-state index >= 15 is 0 Å². The number of nitrogens with two attached hydrogens (primary N) is 1. The predicted octanol–water partition coefficient (Wildman–Crippen LogP) is 0.459. The molecule has 0 heterocycles. The zero-order valence-electron chi connectivity index (χ0n) is 6.32. The summed E-state index contributed by atoms with van der Waals surface area (Å²) in [5.41, 5.74) is 5.90. The summed E-state index contributed by atoms with van der Waals surface area (Å²) in [4.78, 5) is 10.6. The fraction of sp³-hybridized carbons (Fsp3) is 0.125. The SMILES string of the molecule is Nc1cccc(CO)c1C(=O)O. The monoisotopic (exact) mass is 167 g/mol. The third-order valence-electron chi connectivity index (χ3n) is 1.57. The lowest BCUT2D eigenvalue weighted by atomic mass is 10.1.